The first-order valence-electron chi connectivity index (χ1n) is 8.07. The van der Waals surface area contributed by atoms with Gasteiger partial charge in [-0.15, -0.1) is 0 Å². The van der Waals surface area contributed by atoms with Crippen molar-refractivity contribution < 1.29 is 14.3 Å². The molecule has 132 valence electrons. The van der Waals surface area contributed by atoms with Crippen LogP contribution >= 0.6 is 28.1 Å². The lowest BCUT2D eigenvalue weighted by atomic mass is 10.1. The first-order valence-corrected chi connectivity index (χ1v) is 9.28. The third-order valence-corrected chi connectivity index (χ3v) is 4.65. The largest absolute Gasteiger partial charge is 0.492 e. The third kappa shape index (κ3) is 5.72. The highest BCUT2D eigenvalue weighted by Gasteiger charge is 2.17. The van der Waals surface area contributed by atoms with Crippen LogP contribution < -0.4 is 10.1 Å². The molecule has 1 aromatic rings. The van der Waals surface area contributed by atoms with E-state index in [1.165, 1.54) is 0 Å². The predicted molar refractivity (Wildman–Crippen MR) is 102 cm³/mol. The molecule has 0 unspecified atom stereocenters. The first-order chi connectivity index (χ1) is 11.5. The molecule has 0 aromatic heterocycles. The van der Waals surface area contributed by atoms with Gasteiger partial charge in [-0.3, -0.25) is 10.1 Å². The molecule has 1 N–H and O–H groups in total. The monoisotopic (exact) mass is 414 g/mol. The van der Waals surface area contributed by atoms with Crippen molar-refractivity contribution in [1.29, 1.82) is 0 Å². The molecule has 1 aromatic carbocycles. The zero-order valence-corrected chi connectivity index (χ0v) is 16.4. The summed E-state index contributed by atoms with van der Waals surface area (Å²) in [5, 5.41) is 3.21. The lowest BCUT2D eigenvalue weighted by molar-refractivity contribution is 0.0669. The number of carbonyl (C=O) groups is 1. The lowest BCUT2D eigenvalue weighted by Gasteiger charge is -2.28. The van der Waals surface area contributed by atoms with Gasteiger partial charge in [0.05, 0.1) is 24.3 Å². The van der Waals surface area contributed by atoms with E-state index in [4.69, 9.17) is 21.7 Å². The molecule has 1 saturated heterocycles. The van der Waals surface area contributed by atoms with Crippen molar-refractivity contribution in [2.45, 2.75) is 20.3 Å². The first kappa shape index (κ1) is 19.1. The number of hydrogen-bond acceptors (Lipinski definition) is 4. The van der Waals surface area contributed by atoms with Crippen LogP contribution in [-0.4, -0.2) is 48.8 Å². The van der Waals surface area contributed by atoms with Crippen molar-refractivity contribution in [3.63, 3.8) is 0 Å². The number of carbonyl (C=O) groups excluding carboxylic acids is 1. The van der Waals surface area contributed by atoms with Crippen LogP contribution in [0.1, 0.15) is 30.6 Å². The Bertz CT molecular complexity index is 589. The fraction of sp³-hybridized carbons (Fsp3) is 0.529. The van der Waals surface area contributed by atoms with Gasteiger partial charge in [-0.1, -0.05) is 13.8 Å². The summed E-state index contributed by atoms with van der Waals surface area (Å²) in [6.07, 6.45) is 0.989. The van der Waals surface area contributed by atoms with E-state index in [1.54, 1.807) is 18.2 Å². The Morgan fingerprint density at radius 2 is 2.12 bits per heavy atom. The van der Waals surface area contributed by atoms with Crippen LogP contribution in [0.3, 0.4) is 0 Å². The highest BCUT2D eigenvalue weighted by molar-refractivity contribution is 9.10. The molecule has 0 aliphatic carbocycles. The van der Waals surface area contributed by atoms with E-state index in [0.717, 1.165) is 16.6 Å². The molecule has 7 heteroatoms. The van der Waals surface area contributed by atoms with Crippen molar-refractivity contribution in [2.75, 3.05) is 32.9 Å². The van der Waals surface area contributed by atoms with E-state index in [1.807, 2.05) is 4.90 Å². The van der Waals surface area contributed by atoms with E-state index in [2.05, 4.69) is 35.1 Å². The maximum absolute atomic E-state index is 12.3. The van der Waals surface area contributed by atoms with Gasteiger partial charge in [-0.2, -0.15) is 0 Å². The van der Waals surface area contributed by atoms with Crippen molar-refractivity contribution in [2.24, 2.45) is 5.92 Å². The molecule has 0 radical (unpaired) electrons. The zero-order valence-electron chi connectivity index (χ0n) is 14.0. The number of ether oxygens (including phenoxy) is 2. The minimum absolute atomic E-state index is 0.221. The summed E-state index contributed by atoms with van der Waals surface area (Å²) >= 11 is 8.75. The molecule has 1 aliphatic rings. The van der Waals surface area contributed by atoms with Gasteiger partial charge in [-0.05, 0) is 58.7 Å². The van der Waals surface area contributed by atoms with Gasteiger partial charge < -0.3 is 14.4 Å². The SMILES string of the molecule is CC(C)CCOc1ccc(C(=O)NC(=S)N2CCOCC2)cc1Br. The number of morpholine rings is 1. The van der Waals surface area contributed by atoms with Crippen molar-refractivity contribution >= 4 is 39.2 Å². The molecule has 1 heterocycles. The Kier molecular flexibility index (Phi) is 7.45. The molecule has 1 aliphatic heterocycles. The number of nitrogens with zero attached hydrogens (tertiary/aromatic N) is 1. The predicted octanol–water partition coefficient (Wildman–Crippen LogP) is 3.22. The molecule has 0 atom stereocenters. The summed E-state index contributed by atoms with van der Waals surface area (Å²) in [7, 11) is 0. The number of thiocarbonyl (C=S) groups is 1. The molecule has 5 nitrogen and oxygen atoms in total. The maximum Gasteiger partial charge on any atom is 0.257 e. The second-order valence-corrected chi connectivity index (χ2v) is 7.28. The molecule has 0 spiro atoms. The van der Waals surface area contributed by atoms with Gasteiger partial charge in [0.25, 0.3) is 5.91 Å². The smallest absolute Gasteiger partial charge is 0.257 e. The molecule has 1 fully saturated rings. The van der Waals surface area contributed by atoms with Crippen LogP contribution in [0.15, 0.2) is 22.7 Å². The Hall–Kier alpha value is -1.18. The highest BCUT2D eigenvalue weighted by Crippen LogP contribution is 2.26. The molecule has 0 saturated carbocycles. The number of hydrogen-bond donors (Lipinski definition) is 1. The summed E-state index contributed by atoms with van der Waals surface area (Å²) in [5.74, 6) is 1.11. The Labute approximate surface area is 156 Å². The Morgan fingerprint density at radius 3 is 2.75 bits per heavy atom. The third-order valence-electron chi connectivity index (χ3n) is 3.67. The fourth-order valence-electron chi connectivity index (χ4n) is 2.18. The van der Waals surface area contributed by atoms with Crippen LogP contribution in [0.2, 0.25) is 0 Å². The quantitative estimate of drug-likeness (QED) is 0.749. The molecular formula is C17H23BrN2O3S. The minimum atomic E-state index is -0.221. The minimum Gasteiger partial charge on any atom is -0.492 e. The lowest BCUT2D eigenvalue weighted by Crippen LogP contribution is -2.47. The van der Waals surface area contributed by atoms with Crippen molar-refractivity contribution in [1.82, 2.24) is 10.2 Å². The van der Waals surface area contributed by atoms with E-state index >= 15 is 0 Å². The number of benzene rings is 1. The maximum atomic E-state index is 12.3. The van der Waals surface area contributed by atoms with Gasteiger partial charge in [-0.25, -0.2) is 0 Å². The van der Waals surface area contributed by atoms with Gasteiger partial charge in [0.1, 0.15) is 5.75 Å². The van der Waals surface area contributed by atoms with Crippen molar-refractivity contribution in [3.05, 3.63) is 28.2 Å². The van der Waals surface area contributed by atoms with Crippen LogP contribution in [0.25, 0.3) is 0 Å². The van der Waals surface area contributed by atoms with Crippen LogP contribution in [0.4, 0.5) is 0 Å². The number of amides is 1. The number of rotatable bonds is 5. The van der Waals surface area contributed by atoms with E-state index < -0.39 is 0 Å². The zero-order chi connectivity index (χ0) is 17.5. The summed E-state index contributed by atoms with van der Waals surface area (Å²) in [6, 6.07) is 5.30. The van der Waals surface area contributed by atoms with Crippen LogP contribution in [0, 0.1) is 5.92 Å². The van der Waals surface area contributed by atoms with E-state index in [0.29, 0.717) is 49.5 Å². The van der Waals surface area contributed by atoms with E-state index in [9.17, 15) is 4.79 Å². The van der Waals surface area contributed by atoms with Crippen molar-refractivity contribution in [3.8, 4) is 5.75 Å². The molecule has 1 amide bonds. The fourth-order valence-corrected chi connectivity index (χ4v) is 2.95. The summed E-state index contributed by atoms with van der Waals surface area (Å²) in [6.45, 7) is 7.63. The second kappa shape index (κ2) is 9.34. The second-order valence-electron chi connectivity index (χ2n) is 6.03. The van der Waals surface area contributed by atoms with Crippen LogP contribution in [0.5, 0.6) is 5.75 Å². The standard InChI is InChI=1S/C17H23BrN2O3S/c1-12(2)5-8-23-15-4-3-13(11-14(15)18)16(21)19-17(24)20-6-9-22-10-7-20/h3-4,11-12H,5-10H2,1-2H3,(H,19,21,24). The van der Waals surface area contributed by atoms with Gasteiger partial charge in [0.15, 0.2) is 5.11 Å². The summed E-state index contributed by atoms with van der Waals surface area (Å²) in [4.78, 5) is 14.3. The number of nitrogens with one attached hydrogen (secondary N) is 1. The van der Waals surface area contributed by atoms with Crippen LogP contribution in [-0.2, 0) is 4.74 Å². The Balaban J connectivity index is 1.92. The summed E-state index contributed by atoms with van der Waals surface area (Å²) < 4.78 is 11.8. The van der Waals surface area contributed by atoms with Gasteiger partial charge >= 0.3 is 0 Å². The molecule has 0 bridgehead atoms. The average molecular weight is 415 g/mol. The highest BCUT2D eigenvalue weighted by atomic mass is 79.9. The molecular weight excluding hydrogens is 392 g/mol. The van der Waals surface area contributed by atoms with Gasteiger partial charge in [0.2, 0.25) is 0 Å². The normalized spacial score (nSPS) is 14.6. The van der Waals surface area contributed by atoms with Gasteiger partial charge in [0, 0.05) is 18.7 Å². The topological polar surface area (TPSA) is 50.8 Å². The average Bonchev–Trinajstić information content (AvgIpc) is 2.56. The molecule has 24 heavy (non-hydrogen) atoms. The number of halogens is 1. The Morgan fingerprint density at radius 1 is 1.42 bits per heavy atom. The van der Waals surface area contributed by atoms with E-state index in [-0.39, 0.29) is 5.91 Å². The molecule has 2 rings (SSSR count). The summed E-state index contributed by atoms with van der Waals surface area (Å²) in [5.41, 5.74) is 0.536.